The molecule has 0 bridgehead atoms. The second kappa shape index (κ2) is 17.9. The van der Waals surface area contributed by atoms with Crippen LogP contribution in [-0.4, -0.2) is 60.3 Å². The SMILES string of the molecule is COC(=O)CCCCC[C@@H](NC(=O)[C@H](Cc1c(C)cc(O)cc1C)NC(=O)OC(C)(C)C)C(=O)NCCCc1ccccc1. The summed E-state index contributed by atoms with van der Waals surface area (Å²) in [4.78, 5) is 51.2. The van der Waals surface area contributed by atoms with E-state index in [-0.39, 0.29) is 30.5 Å². The minimum atomic E-state index is -1.04. The number of methoxy groups -OCH3 is 1. The van der Waals surface area contributed by atoms with Crippen molar-refractivity contribution in [2.24, 2.45) is 0 Å². The molecule has 0 aromatic heterocycles. The molecule has 2 atom stereocenters. The number of aryl methyl sites for hydroxylation is 3. The maximum atomic E-state index is 13.7. The monoisotopic (exact) mass is 611 g/mol. The number of carbonyl (C=O) groups excluding carboxylic acids is 4. The molecule has 0 unspecified atom stereocenters. The van der Waals surface area contributed by atoms with Gasteiger partial charge in [0.25, 0.3) is 0 Å². The third kappa shape index (κ3) is 13.5. The number of nitrogens with one attached hydrogen (secondary N) is 3. The van der Waals surface area contributed by atoms with Gasteiger partial charge in [-0.1, -0.05) is 43.2 Å². The van der Waals surface area contributed by atoms with Gasteiger partial charge in [0.2, 0.25) is 11.8 Å². The van der Waals surface area contributed by atoms with Crippen LogP contribution in [0.2, 0.25) is 0 Å². The highest BCUT2D eigenvalue weighted by Crippen LogP contribution is 2.22. The molecule has 10 heteroatoms. The largest absolute Gasteiger partial charge is 0.508 e. The van der Waals surface area contributed by atoms with Gasteiger partial charge >= 0.3 is 12.1 Å². The molecule has 3 amide bonds. The molecule has 0 radical (unpaired) electrons. The molecular formula is C34H49N3O7. The van der Waals surface area contributed by atoms with Gasteiger partial charge in [-0.15, -0.1) is 0 Å². The summed E-state index contributed by atoms with van der Waals surface area (Å²) >= 11 is 0. The van der Waals surface area contributed by atoms with Crippen LogP contribution in [0.3, 0.4) is 0 Å². The molecule has 0 heterocycles. The molecule has 242 valence electrons. The zero-order valence-electron chi connectivity index (χ0n) is 27.0. The maximum absolute atomic E-state index is 13.7. The molecule has 4 N–H and O–H groups in total. The van der Waals surface area contributed by atoms with Crippen molar-refractivity contribution in [2.45, 2.75) is 104 Å². The number of alkyl carbamates (subject to hydrolysis) is 1. The van der Waals surface area contributed by atoms with Gasteiger partial charge in [-0.05, 0) is 94.7 Å². The number of amides is 3. The lowest BCUT2D eigenvalue weighted by atomic mass is 9.95. The van der Waals surface area contributed by atoms with Gasteiger partial charge in [0.05, 0.1) is 7.11 Å². The highest BCUT2D eigenvalue weighted by Gasteiger charge is 2.29. The van der Waals surface area contributed by atoms with Gasteiger partial charge in [0.1, 0.15) is 23.4 Å². The van der Waals surface area contributed by atoms with Crippen molar-refractivity contribution in [3.8, 4) is 5.75 Å². The van der Waals surface area contributed by atoms with E-state index in [0.29, 0.717) is 32.2 Å². The summed E-state index contributed by atoms with van der Waals surface area (Å²) in [6.45, 7) is 9.28. The standard InChI is InChI=1S/C34H49N3O7/c1-23-20-26(38)21-24(2)27(23)22-29(37-33(42)44-34(3,4)5)32(41)36-28(17-11-8-12-18-30(39)43-6)31(40)35-19-13-16-25-14-9-7-10-15-25/h7,9-10,14-15,20-21,28-29,38H,8,11-13,16-19,22H2,1-6H3,(H,35,40)(H,36,41)(H,37,42)/t28-,29+/m1/s1. The number of ether oxygens (including phenoxy) is 2. The number of rotatable bonds is 16. The van der Waals surface area contributed by atoms with Gasteiger partial charge in [-0.25, -0.2) is 4.79 Å². The van der Waals surface area contributed by atoms with E-state index in [1.807, 2.05) is 44.2 Å². The Morgan fingerprint density at radius 2 is 1.52 bits per heavy atom. The van der Waals surface area contributed by atoms with E-state index in [0.717, 1.165) is 29.5 Å². The second-order valence-electron chi connectivity index (χ2n) is 12.1. The normalized spacial score (nSPS) is 12.5. The predicted molar refractivity (Wildman–Crippen MR) is 169 cm³/mol. The fraction of sp³-hybridized carbons (Fsp3) is 0.529. The van der Waals surface area contributed by atoms with Crippen LogP contribution in [0.15, 0.2) is 42.5 Å². The Morgan fingerprint density at radius 3 is 2.14 bits per heavy atom. The first-order valence-electron chi connectivity index (χ1n) is 15.3. The summed E-state index contributed by atoms with van der Waals surface area (Å²) in [5.41, 5.74) is 2.73. The smallest absolute Gasteiger partial charge is 0.408 e. The third-order valence-corrected chi connectivity index (χ3v) is 7.12. The van der Waals surface area contributed by atoms with Crippen LogP contribution in [-0.2, 0) is 36.7 Å². The Hall–Kier alpha value is -4.08. The quantitative estimate of drug-likeness (QED) is 0.158. The molecular weight excluding hydrogens is 562 g/mol. The minimum absolute atomic E-state index is 0.112. The van der Waals surface area contributed by atoms with Crippen molar-refractivity contribution < 1.29 is 33.8 Å². The van der Waals surface area contributed by atoms with E-state index in [2.05, 4.69) is 16.0 Å². The average Bonchev–Trinajstić information content (AvgIpc) is 2.94. The van der Waals surface area contributed by atoms with Crippen molar-refractivity contribution >= 4 is 23.9 Å². The summed E-state index contributed by atoms with van der Waals surface area (Å²) in [5.74, 6) is -1.02. The molecule has 0 saturated heterocycles. The maximum Gasteiger partial charge on any atom is 0.408 e. The fourth-order valence-electron chi connectivity index (χ4n) is 4.87. The molecule has 10 nitrogen and oxygen atoms in total. The van der Waals surface area contributed by atoms with Crippen molar-refractivity contribution in [2.75, 3.05) is 13.7 Å². The number of phenolic OH excluding ortho intramolecular Hbond substituents is 1. The summed E-state index contributed by atoms with van der Waals surface area (Å²) in [6, 6.07) is 11.3. The number of phenols is 1. The zero-order valence-corrected chi connectivity index (χ0v) is 27.0. The highest BCUT2D eigenvalue weighted by molar-refractivity contribution is 5.91. The Bertz CT molecular complexity index is 1220. The van der Waals surface area contributed by atoms with E-state index in [9.17, 15) is 24.3 Å². The predicted octanol–water partition coefficient (Wildman–Crippen LogP) is 4.80. The Labute approximate surface area is 261 Å². The third-order valence-electron chi connectivity index (χ3n) is 7.12. The molecule has 44 heavy (non-hydrogen) atoms. The molecule has 2 aromatic carbocycles. The van der Waals surface area contributed by atoms with E-state index in [4.69, 9.17) is 9.47 Å². The van der Waals surface area contributed by atoms with E-state index in [1.54, 1.807) is 32.9 Å². The van der Waals surface area contributed by atoms with Crippen molar-refractivity contribution in [3.05, 3.63) is 64.7 Å². The van der Waals surface area contributed by atoms with E-state index < -0.39 is 29.7 Å². The number of esters is 1. The van der Waals surface area contributed by atoms with Crippen LogP contribution in [0.4, 0.5) is 4.79 Å². The molecule has 0 saturated carbocycles. The number of aromatic hydroxyl groups is 1. The summed E-state index contributed by atoms with van der Waals surface area (Å²) in [7, 11) is 1.35. The van der Waals surface area contributed by atoms with Crippen LogP contribution in [0.25, 0.3) is 0 Å². The number of hydrogen-bond acceptors (Lipinski definition) is 7. The lowest BCUT2D eigenvalue weighted by Crippen LogP contribution is -2.55. The second-order valence-corrected chi connectivity index (χ2v) is 12.1. The first-order valence-corrected chi connectivity index (χ1v) is 15.3. The van der Waals surface area contributed by atoms with Crippen molar-refractivity contribution in [1.82, 2.24) is 16.0 Å². The van der Waals surface area contributed by atoms with Crippen LogP contribution in [0, 0.1) is 13.8 Å². The number of carbonyl (C=O) groups is 4. The lowest BCUT2D eigenvalue weighted by Gasteiger charge is -2.26. The van der Waals surface area contributed by atoms with E-state index >= 15 is 0 Å². The summed E-state index contributed by atoms with van der Waals surface area (Å²) in [5, 5.41) is 18.5. The van der Waals surface area contributed by atoms with Gasteiger partial charge in [0.15, 0.2) is 0 Å². The molecule has 0 aliphatic carbocycles. The Kier molecular flexibility index (Phi) is 14.7. The fourth-order valence-corrected chi connectivity index (χ4v) is 4.87. The van der Waals surface area contributed by atoms with E-state index in [1.165, 1.54) is 12.7 Å². The van der Waals surface area contributed by atoms with Gasteiger partial charge < -0.3 is 30.5 Å². The minimum Gasteiger partial charge on any atom is -0.508 e. The van der Waals surface area contributed by atoms with Crippen molar-refractivity contribution in [3.63, 3.8) is 0 Å². The first-order chi connectivity index (χ1) is 20.8. The highest BCUT2D eigenvalue weighted by atomic mass is 16.6. The Balaban J connectivity index is 2.17. The molecule has 0 fully saturated rings. The number of unbranched alkanes of at least 4 members (excludes halogenated alkanes) is 2. The molecule has 2 rings (SSSR count). The zero-order chi connectivity index (χ0) is 32.7. The van der Waals surface area contributed by atoms with Gasteiger partial charge in [-0.2, -0.15) is 0 Å². The van der Waals surface area contributed by atoms with Crippen LogP contribution >= 0.6 is 0 Å². The van der Waals surface area contributed by atoms with Crippen LogP contribution in [0.1, 0.15) is 81.5 Å². The first kappa shape index (κ1) is 36.1. The molecule has 0 aliphatic heterocycles. The molecule has 0 aliphatic rings. The Morgan fingerprint density at radius 1 is 0.864 bits per heavy atom. The summed E-state index contributed by atoms with van der Waals surface area (Å²) < 4.78 is 10.1. The summed E-state index contributed by atoms with van der Waals surface area (Å²) in [6.07, 6.45) is 3.43. The van der Waals surface area contributed by atoms with Crippen LogP contribution < -0.4 is 16.0 Å². The molecule has 2 aromatic rings. The van der Waals surface area contributed by atoms with Crippen LogP contribution in [0.5, 0.6) is 5.75 Å². The topological polar surface area (TPSA) is 143 Å². The van der Waals surface area contributed by atoms with Gasteiger partial charge in [0, 0.05) is 19.4 Å². The number of benzene rings is 2. The van der Waals surface area contributed by atoms with Gasteiger partial charge in [-0.3, -0.25) is 14.4 Å². The number of hydrogen-bond donors (Lipinski definition) is 4. The van der Waals surface area contributed by atoms with Crippen molar-refractivity contribution in [1.29, 1.82) is 0 Å². The molecule has 0 spiro atoms. The average molecular weight is 612 g/mol. The lowest BCUT2D eigenvalue weighted by molar-refractivity contribution is -0.140.